The zero-order valence-electron chi connectivity index (χ0n) is 11.6. The number of phenols is 1. The molecule has 2 N–H and O–H groups in total. The number of halogens is 2. The van der Waals surface area contributed by atoms with Gasteiger partial charge in [0.2, 0.25) is 0 Å². The van der Waals surface area contributed by atoms with Crippen LogP contribution in [0.25, 0.3) is 6.08 Å². The van der Waals surface area contributed by atoms with Crippen LogP contribution in [0.3, 0.4) is 0 Å². The Kier molecular flexibility index (Phi) is 4.49. The van der Waals surface area contributed by atoms with Crippen LogP contribution in [0.1, 0.15) is 5.56 Å². The van der Waals surface area contributed by atoms with E-state index in [1.165, 1.54) is 36.0 Å². The van der Waals surface area contributed by atoms with Crippen LogP contribution in [0.15, 0.2) is 56.8 Å². The fourth-order valence-electron chi connectivity index (χ4n) is 1.88. The summed E-state index contributed by atoms with van der Waals surface area (Å²) in [5, 5.41) is 12.6. The van der Waals surface area contributed by atoms with Crippen molar-refractivity contribution in [2.45, 2.75) is 0 Å². The first kappa shape index (κ1) is 15.8. The van der Waals surface area contributed by atoms with E-state index in [1.54, 1.807) is 24.3 Å². The van der Waals surface area contributed by atoms with Gasteiger partial charge in [0.1, 0.15) is 11.6 Å². The van der Waals surface area contributed by atoms with Crippen molar-refractivity contribution >= 4 is 50.5 Å². The van der Waals surface area contributed by atoms with Crippen molar-refractivity contribution in [2.75, 3.05) is 0 Å². The quantitative estimate of drug-likeness (QED) is 0.753. The third-order valence-corrected chi connectivity index (χ3v) is 4.52. The van der Waals surface area contributed by atoms with Crippen LogP contribution in [0.4, 0.5) is 10.1 Å². The molecule has 1 amide bonds. The Morgan fingerprint density at radius 1 is 1.22 bits per heavy atom. The Hall–Kier alpha value is -2.12. The molecular weight excluding hydrogens is 383 g/mol. The molecule has 0 aliphatic carbocycles. The molecule has 0 spiro atoms. The highest BCUT2D eigenvalue weighted by Crippen LogP contribution is 2.30. The summed E-state index contributed by atoms with van der Waals surface area (Å²) in [6.45, 7) is 0. The highest BCUT2D eigenvalue weighted by molar-refractivity contribution is 9.10. The number of nitrogens with one attached hydrogen (secondary N) is 1. The molecule has 2 aromatic rings. The number of benzene rings is 2. The van der Waals surface area contributed by atoms with Crippen molar-refractivity contribution in [3.63, 3.8) is 0 Å². The van der Waals surface area contributed by atoms with E-state index < -0.39 is 0 Å². The van der Waals surface area contributed by atoms with Gasteiger partial charge >= 0.3 is 0 Å². The van der Waals surface area contributed by atoms with Gasteiger partial charge in [-0.1, -0.05) is 6.07 Å². The number of nitrogens with zero attached hydrogens (tertiary/aromatic N) is 1. The first-order chi connectivity index (χ1) is 11.0. The molecule has 0 aromatic heterocycles. The normalized spacial score (nSPS) is 17.7. The minimum absolute atomic E-state index is 0.134. The summed E-state index contributed by atoms with van der Waals surface area (Å²) < 4.78 is 13.4. The number of aliphatic imine (C=N–C) groups is 1. The minimum atomic E-state index is -0.337. The number of hydrogen-bond donors (Lipinski definition) is 2. The number of aromatic hydroxyl groups is 1. The van der Waals surface area contributed by atoms with Crippen LogP contribution in [0, 0.1) is 5.82 Å². The summed E-state index contributed by atoms with van der Waals surface area (Å²) in [5.41, 5.74) is 1.33. The maximum absolute atomic E-state index is 12.9. The second kappa shape index (κ2) is 6.55. The predicted octanol–water partition coefficient (Wildman–Crippen LogP) is 4.19. The third kappa shape index (κ3) is 3.80. The lowest BCUT2D eigenvalue weighted by Gasteiger charge is -1.99. The lowest BCUT2D eigenvalue weighted by molar-refractivity contribution is -0.115. The number of hydrogen-bond acceptors (Lipinski definition) is 4. The molecule has 1 heterocycles. The molecule has 116 valence electrons. The van der Waals surface area contributed by atoms with Gasteiger partial charge in [-0.3, -0.25) is 4.79 Å². The molecule has 4 nitrogen and oxygen atoms in total. The lowest BCUT2D eigenvalue weighted by atomic mass is 10.2. The van der Waals surface area contributed by atoms with Crippen LogP contribution in [-0.2, 0) is 4.79 Å². The summed E-state index contributed by atoms with van der Waals surface area (Å²) in [6.07, 6.45) is 1.71. The van der Waals surface area contributed by atoms with E-state index in [0.717, 1.165) is 5.56 Å². The van der Waals surface area contributed by atoms with Crippen LogP contribution in [0.5, 0.6) is 5.75 Å². The standard InChI is InChI=1S/C16H10BrFN2O2S/c17-12-7-9(1-6-13(12)21)8-14-15(22)20-16(23-14)19-11-4-2-10(18)3-5-11/h1-8,21H,(H,19,20,22)/b14-8-. The highest BCUT2D eigenvalue weighted by Gasteiger charge is 2.23. The molecule has 0 bridgehead atoms. The maximum atomic E-state index is 12.9. The van der Waals surface area contributed by atoms with E-state index >= 15 is 0 Å². The van der Waals surface area contributed by atoms with Crippen LogP contribution >= 0.6 is 27.7 Å². The molecule has 1 aliphatic rings. The van der Waals surface area contributed by atoms with Crippen molar-refractivity contribution in [3.8, 4) is 5.75 Å². The number of amidine groups is 1. The Morgan fingerprint density at radius 2 is 1.96 bits per heavy atom. The Labute approximate surface area is 144 Å². The smallest absolute Gasteiger partial charge is 0.264 e. The molecule has 0 radical (unpaired) electrons. The molecule has 7 heteroatoms. The average molecular weight is 393 g/mol. The molecule has 2 aromatic carbocycles. The largest absolute Gasteiger partial charge is 0.507 e. The molecule has 23 heavy (non-hydrogen) atoms. The Morgan fingerprint density at radius 3 is 2.65 bits per heavy atom. The summed E-state index contributed by atoms with van der Waals surface area (Å²) >= 11 is 4.43. The van der Waals surface area contributed by atoms with Gasteiger partial charge in [-0.05, 0) is 75.7 Å². The van der Waals surface area contributed by atoms with Crippen LogP contribution < -0.4 is 5.32 Å². The minimum Gasteiger partial charge on any atom is -0.507 e. The molecule has 0 saturated carbocycles. The molecule has 0 atom stereocenters. The summed E-state index contributed by atoms with van der Waals surface area (Å²) in [4.78, 5) is 16.7. The fourth-order valence-corrected chi connectivity index (χ4v) is 3.12. The van der Waals surface area contributed by atoms with Gasteiger partial charge in [0.05, 0.1) is 15.1 Å². The molecule has 1 fully saturated rings. The van der Waals surface area contributed by atoms with Crippen molar-refractivity contribution < 1.29 is 14.3 Å². The first-order valence-electron chi connectivity index (χ1n) is 6.55. The van der Waals surface area contributed by atoms with Crippen LogP contribution in [0.2, 0.25) is 0 Å². The first-order valence-corrected chi connectivity index (χ1v) is 8.16. The number of rotatable bonds is 2. The van der Waals surface area contributed by atoms with Crippen molar-refractivity contribution in [2.24, 2.45) is 4.99 Å². The van der Waals surface area contributed by atoms with Gasteiger partial charge in [0, 0.05) is 0 Å². The topological polar surface area (TPSA) is 61.7 Å². The van der Waals surface area contributed by atoms with Gasteiger partial charge in [-0.25, -0.2) is 9.38 Å². The maximum Gasteiger partial charge on any atom is 0.264 e. The number of carbonyl (C=O) groups is 1. The average Bonchev–Trinajstić information content (AvgIpc) is 2.85. The molecule has 1 aliphatic heterocycles. The third-order valence-electron chi connectivity index (χ3n) is 2.98. The van der Waals surface area contributed by atoms with Crippen molar-refractivity contribution in [3.05, 3.63) is 63.2 Å². The van der Waals surface area contributed by atoms with E-state index in [-0.39, 0.29) is 17.5 Å². The van der Waals surface area contributed by atoms with E-state index in [2.05, 4.69) is 26.2 Å². The van der Waals surface area contributed by atoms with Gasteiger partial charge in [0.25, 0.3) is 5.91 Å². The van der Waals surface area contributed by atoms with Gasteiger partial charge < -0.3 is 10.4 Å². The Bertz CT molecular complexity index is 834. The molecular formula is C16H10BrFN2O2S. The van der Waals surface area contributed by atoms with E-state index in [9.17, 15) is 14.3 Å². The van der Waals surface area contributed by atoms with Crippen LogP contribution in [-0.4, -0.2) is 16.2 Å². The van der Waals surface area contributed by atoms with E-state index in [4.69, 9.17) is 0 Å². The highest BCUT2D eigenvalue weighted by atomic mass is 79.9. The number of carbonyl (C=O) groups excluding carboxylic acids is 1. The zero-order valence-corrected chi connectivity index (χ0v) is 14.0. The zero-order chi connectivity index (χ0) is 16.4. The number of amides is 1. The second-order valence-corrected chi connectivity index (χ2v) is 6.55. The number of phenolic OH excluding ortho intramolecular Hbond substituents is 1. The monoisotopic (exact) mass is 392 g/mol. The van der Waals surface area contributed by atoms with Gasteiger partial charge in [-0.15, -0.1) is 0 Å². The molecule has 1 saturated heterocycles. The summed E-state index contributed by atoms with van der Waals surface area (Å²) in [6, 6.07) is 10.7. The Balaban J connectivity index is 1.83. The molecule has 0 unspecified atom stereocenters. The molecule has 3 rings (SSSR count). The van der Waals surface area contributed by atoms with Gasteiger partial charge in [-0.2, -0.15) is 0 Å². The van der Waals surface area contributed by atoms with E-state index in [0.29, 0.717) is 20.2 Å². The predicted molar refractivity (Wildman–Crippen MR) is 93.0 cm³/mol. The number of thioether (sulfide) groups is 1. The SMILES string of the molecule is O=C1NC(=Nc2ccc(F)cc2)S/C1=C\c1ccc(O)c(Br)c1. The van der Waals surface area contributed by atoms with Crippen molar-refractivity contribution in [1.82, 2.24) is 5.32 Å². The fraction of sp³-hybridized carbons (Fsp3) is 0. The lowest BCUT2D eigenvalue weighted by Crippen LogP contribution is -2.19. The second-order valence-electron chi connectivity index (χ2n) is 4.67. The van der Waals surface area contributed by atoms with E-state index in [1.807, 2.05) is 0 Å². The van der Waals surface area contributed by atoms with Gasteiger partial charge in [0.15, 0.2) is 5.17 Å². The summed E-state index contributed by atoms with van der Waals surface area (Å²) in [7, 11) is 0. The van der Waals surface area contributed by atoms with Crippen molar-refractivity contribution in [1.29, 1.82) is 0 Å². The summed E-state index contributed by atoms with van der Waals surface area (Å²) in [5.74, 6) is -0.454.